The zero-order chi connectivity index (χ0) is 15.7. The molecule has 2 rings (SSSR count). The molecule has 0 bridgehead atoms. The van der Waals surface area contributed by atoms with Crippen LogP contribution in [-0.4, -0.2) is 55.6 Å². The average molecular weight is 295 g/mol. The van der Waals surface area contributed by atoms with E-state index in [2.05, 4.69) is 9.97 Å². The highest BCUT2D eigenvalue weighted by atomic mass is 16.4. The first-order chi connectivity index (χ1) is 9.79. The Balaban J connectivity index is 2.22. The van der Waals surface area contributed by atoms with Gasteiger partial charge in [-0.1, -0.05) is 0 Å². The third-order valence-corrected chi connectivity index (χ3v) is 3.67. The van der Waals surface area contributed by atoms with Gasteiger partial charge in [-0.15, -0.1) is 0 Å². The third-order valence-electron chi connectivity index (χ3n) is 3.67. The Morgan fingerprint density at radius 3 is 2.67 bits per heavy atom. The minimum Gasteiger partial charge on any atom is -0.480 e. The third kappa shape index (κ3) is 3.10. The van der Waals surface area contributed by atoms with Gasteiger partial charge in [0.25, 0.3) is 0 Å². The molecule has 8 nitrogen and oxygen atoms in total. The fourth-order valence-corrected chi connectivity index (χ4v) is 2.59. The predicted molar refractivity (Wildman–Crippen MR) is 71.8 cm³/mol. The van der Waals surface area contributed by atoms with Crippen LogP contribution in [0.4, 0.5) is 0 Å². The van der Waals surface area contributed by atoms with Gasteiger partial charge >= 0.3 is 11.7 Å². The van der Waals surface area contributed by atoms with E-state index in [1.54, 1.807) is 13.8 Å². The normalized spacial score (nSPS) is 21.6. The summed E-state index contributed by atoms with van der Waals surface area (Å²) in [6, 6.07) is -1.01. The van der Waals surface area contributed by atoms with Gasteiger partial charge in [-0.25, -0.2) is 9.59 Å². The molecule has 8 heteroatoms. The van der Waals surface area contributed by atoms with Crippen molar-refractivity contribution in [3.05, 3.63) is 27.4 Å². The second-order valence-corrected chi connectivity index (χ2v) is 5.20. The summed E-state index contributed by atoms with van der Waals surface area (Å²) in [4.78, 5) is 42.1. The van der Waals surface area contributed by atoms with Gasteiger partial charge < -0.3 is 20.1 Å². The lowest BCUT2D eigenvalue weighted by Crippen LogP contribution is -2.41. The van der Waals surface area contributed by atoms with Crippen molar-refractivity contribution in [1.82, 2.24) is 14.9 Å². The topological polar surface area (TPSA) is 124 Å². The van der Waals surface area contributed by atoms with E-state index in [1.807, 2.05) is 0 Å². The summed E-state index contributed by atoms with van der Waals surface area (Å²) in [5.74, 6) is -1.54. The van der Waals surface area contributed by atoms with Crippen molar-refractivity contribution in [2.24, 2.45) is 0 Å². The van der Waals surface area contributed by atoms with Crippen LogP contribution in [0.25, 0.3) is 0 Å². The smallest absolute Gasteiger partial charge is 0.345 e. The molecule has 0 aromatic carbocycles. The van der Waals surface area contributed by atoms with Crippen molar-refractivity contribution in [2.75, 3.05) is 6.54 Å². The number of amides is 1. The van der Waals surface area contributed by atoms with Gasteiger partial charge in [0.15, 0.2) is 0 Å². The molecule has 114 valence electrons. The second-order valence-electron chi connectivity index (χ2n) is 5.20. The molecule has 1 aliphatic rings. The standard InChI is InChI=1S/C13H17N3O5/c1-6-9(7(2)15-13(21)14-6)4-11(18)16-5-8(17)3-10(16)12(19)20/h8,10,17H,3-5H2,1-2H3,(H,19,20)(H,14,15,21)/t8?,10-/m0/s1. The highest BCUT2D eigenvalue weighted by molar-refractivity contribution is 5.86. The lowest BCUT2D eigenvalue weighted by Gasteiger charge is -2.21. The number of aromatic amines is 1. The van der Waals surface area contributed by atoms with Crippen LogP contribution in [0.5, 0.6) is 0 Å². The van der Waals surface area contributed by atoms with Gasteiger partial charge in [0.05, 0.1) is 12.5 Å². The number of hydrogen-bond acceptors (Lipinski definition) is 5. The number of aliphatic carboxylic acids is 1. The Hall–Kier alpha value is -2.22. The van der Waals surface area contributed by atoms with Crippen molar-refractivity contribution in [3.8, 4) is 0 Å². The number of nitrogens with one attached hydrogen (secondary N) is 1. The molecule has 1 fully saturated rings. The minimum absolute atomic E-state index is 0.00464. The molecule has 1 aliphatic heterocycles. The number of aromatic nitrogens is 2. The van der Waals surface area contributed by atoms with Gasteiger partial charge in [-0.2, -0.15) is 4.98 Å². The molecule has 3 N–H and O–H groups in total. The maximum absolute atomic E-state index is 12.3. The molecule has 0 spiro atoms. The summed E-state index contributed by atoms with van der Waals surface area (Å²) in [5, 5.41) is 18.7. The van der Waals surface area contributed by atoms with E-state index in [0.717, 1.165) is 4.90 Å². The number of carboxylic acids is 1. The predicted octanol–water partition coefficient (Wildman–Crippen LogP) is -1.02. The quantitative estimate of drug-likeness (QED) is 0.655. The van der Waals surface area contributed by atoms with E-state index in [1.165, 1.54) is 0 Å². The van der Waals surface area contributed by atoms with Crippen LogP contribution in [0, 0.1) is 13.8 Å². The molecule has 21 heavy (non-hydrogen) atoms. The van der Waals surface area contributed by atoms with Crippen molar-refractivity contribution < 1.29 is 19.8 Å². The maximum atomic E-state index is 12.3. The summed E-state index contributed by atoms with van der Waals surface area (Å²) in [7, 11) is 0. The molecule has 2 atom stereocenters. The Kier molecular flexibility index (Phi) is 4.08. The molecule has 1 aromatic rings. The van der Waals surface area contributed by atoms with E-state index >= 15 is 0 Å². The van der Waals surface area contributed by atoms with E-state index in [9.17, 15) is 19.5 Å². The Bertz CT molecular complexity index is 613. The van der Waals surface area contributed by atoms with Gasteiger partial charge in [0.1, 0.15) is 6.04 Å². The number of β-amino-alcohol motifs (C(OH)–C–C–N with tert-alkyl or cyclic N) is 1. The fraction of sp³-hybridized carbons (Fsp3) is 0.538. The van der Waals surface area contributed by atoms with Crippen LogP contribution in [0.15, 0.2) is 4.79 Å². The molecule has 1 saturated heterocycles. The fourth-order valence-electron chi connectivity index (χ4n) is 2.59. The zero-order valence-corrected chi connectivity index (χ0v) is 11.8. The largest absolute Gasteiger partial charge is 0.480 e. The van der Waals surface area contributed by atoms with Gasteiger partial charge in [-0.3, -0.25) is 4.79 Å². The Morgan fingerprint density at radius 2 is 2.10 bits per heavy atom. The van der Waals surface area contributed by atoms with Crippen molar-refractivity contribution in [3.63, 3.8) is 0 Å². The van der Waals surface area contributed by atoms with Crippen molar-refractivity contribution in [1.29, 1.82) is 0 Å². The Morgan fingerprint density at radius 1 is 1.43 bits per heavy atom. The van der Waals surface area contributed by atoms with Gasteiger partial charge in [0, 0.05) is 29.9 Å². The highest BCUT2D eigenvalue weighted by Crippen LogP contribution is 2.20. The van der Waals surface area contributed by atoms with Gasteiger partial charge in [0.2, 0.25) is 5.91 Å². The summed E-state index contributed by atoms with van der Waals surface area (Å²) >= 11 is 0. The number of carboxylic acid groups (broad SMARTS) is 1. The monoisotopic (exact) mass is 295 g/mol. The van der Waals surface area contributed by atoms with E-state index in [4.69, 9.17) is 5.11 Å². The molecule has 0 radical (unpaired) electrons. The number of nitrogens with zero attached hydrogens (tertiary/aromatic N) is 2. The van der Waals surface area contributed by atoms with Crippen LogP contribution in [-0.2, 0) is 16.0 Å². The molecule has 1 aromatic heterocycles. The zero-order valence-electron chi connectivity index (χ0n) is 11.8. The van der Waals surface area contributed by atoms with Crippen molar-refractivity contribution in [2.45, 2.75) is 38.8 Å². The number of aryl methyl sites for hydroxylation is 2. The van der Waals surface area contributed by atoms with Gasteiger partial charge in [-0.05, 0) is 13.8 Å². The molecular formula is C13H17N3O5. The van der Waals surface area contributed by atoms with E-state index in [0.29, 0.717) is 17.0 Å². The number of aliphatic hydroxyl groups is 1. The number of aliphatic hydroxyl groups excluding tert-OH is 1. The number of carbonyl (C=O) groups is 2. The highest BCUT2D eigenvalue weighted by Gasteiger charge is 2.38. The Labute approximate surface area is 120 Å². The number of likely N-dealkylation sites (tertiary alicyclic amines) is 1. The molecule has 0 aliphatic carbocycles. The number of carbonyl (C=O) groups excluding carboxylic acids is 1. The summed E-state index contributed by atoms with van der Waals surface area (Å²) < 4.78 is 0. The lowest BCUT2D eigenvalue weighted by molar-refractivity contribution is -0.148. The molecule has 1 unspecified atom stereocenters. The number of rotatable bonds is 3. The first-order valence-corrected chi connectivity index (χ1v) is 6.56. The van der Waals surface area contributed by atoms with E-state index < -0.39 is 29.7 Å². The first-order valence-electron chi connectivity index (χ1n) is 6.56. The SMILES string of the molecule is Cc1nc(=O)[nH]c(C)c1CC(=O)N1CC(O)C[C@H]1C(=O)O. The first kappa shape index (κ1) is 15.2. The maximum Gasteiger partial charge on any atom is 0.345 e. The molecule has 2 heterocycles. The van der Waals surface area contributed by atoms with Crippen LogP contribution >= 0.6 is 0 Å². The molecular weight excluding hydrogens is 278 g/mol. The summed E-state index contributed by atoms with van der Waals surface area (Å²) in [6.07, 6.45) is -0.855. The summed E-state index contributed by atoms with van der Waals surface area (Å²) in [6.45, 7) is 3.29. The second kappa shape index (κ2) is 5.65. The number of H-pyrrole nitrogens is 1. The molecule has 0 saturated carbocycles. The minimum atomic E-state index is -1.13. The van der Waals surface area contributed by atoms with Crippen LogP contribution in [0.3, 0.4) is 0 Å². The lowest BCUT2D eigenvalue weighted by atomic mass is 10.1. The van der Waals surface area contributed by atoms with E-state index in [-0.39, 0.29) is 19.4 Å². The van der Waals surface area contributed by atoms with Crippen LogP contribution in [0.2, 0.25) is 0 Å². The van der Waals surface area contributed by atoms with Crippen LogP contribution in [0.1, 0.15) is 23.4 Å². The van der Waals surface area contributed by atoms with Crippen LogP contribution < -0.4 is 5.69 Å². The van der Waals surface area contributed by atoms with Crippen molar-refractivity contribution >= 4 is 11.9 Å². The molecule has 1 amide bonds. The number of hydrogen-bond donors (Lipinski definition) is 3. The summed E-state index contributed by atoms with van der Waals surface area (Å²) in [5.41, 5.74) is 1.06. The average Bonchev–Trinajstić information content (AvgIpc) is 2.76.